The zero-order valence-corrected chi connectivity index (χ0v) is 15.6. The van der Waals surface area contributed by atoms with Gasteiger partial charge in [0, 0.05) is 45.3 Å². The van der Waals surface area contributed by atoms with Gasteiger partial charge in [-0.3, -0.25) is 4.99 Å². The molecule has 2 heterocycles. The standard InChI is InChI=1S/C21H29N5/c1-22-21(25-15-8-7-14-24-20-11-5-6-13-23-20)26-16-12-19(17-26)18-9-3-2-4-10-18/h2-6,9-11,13,19H,7-8,12,14-17H2,1H3,(H,22,25)(H,23,24). The topological polar surface area (TPSA) is 52.6 Å². The third-order valence-electron chi connectivity index (χ3n) is 4.83. The van der Waals surface area contributed by atoms with Gasteiger partial charge in [-0.15, -0.1) is 0 Å². The van der Waals surface area contributed by atoms with Crippen molar-refractivity contribution < 1.29 is 0 Å². The molecule has 1 unspecified atom stereocenters. The molecule has 0 saturated carbocycles. The first-order chi connectivity index (χ1) is 12.9. The largest absolute Gasteiger partial charge is 0.370 e. The van der Waals surface area contributed by atoms with Crippen LogP contribution in [0.2, 0.25) is 0 Å². The van der Waals surface area contributed by atoms with Gasteiger partial charge in [-0.1, -0.05) is 36.4 Å². The molecule has 0 aliphatic carbocycles. The van der Waals surface area contributed by atoms with Crippen molar-refractivity contribution in [3.8, 4) is 0 Å². The van der Waals surface area contributed by atoms with E-state index in [-0.39, 0.29) is 0 Å². The van der Waals surface area contributed by atoms with E-state index in [2.05, 4.69) is 55.8 Å². The molecule has 0 spiro atoms. The summed E-state index contributed by atoms with van der Waals surface area (Å²) in [7, 11) is 1.88. The Bertz CT molecular complexity index is 671. The number of rotatable bonds is 7. The Balaban J connectivity index is 1.35. The highest BCUT2D eigenvalue weighted by Gasteiger charge is 2.25. The van der Waals surface area contributed by atoms with Crippen LogP contribution in [0.5, 0.6) is 0 Å². The molecule has 3 rings (SSSR count). The van der Waals surface area contributed by atoms with Crippen LogP contribution in [0, 0.1) is 0 Å². The molecule has 5 heteroatoms. The Morgan fingerprint density at radius 1 is 1.12 bits per heavy atom. The summed E-state index contributed by atoms with van der Waals surface area (Å²) in [4.78, 5) is 11.1. The molecule has 1 saturated heterocycles. The molecule has 138 valence electrons. The van der Waals surface area contributed by atoms with Gasteiger partial charge in [0.25, 0.3) is 0 Å². The van der Waals surface area contributed by atoms with Crippen LogP contribution >= 0.6 is 0 Å². The summed E-state index contributed by atoms with van der Waals surface area (Å²) in [6.07, 6.45) is 5.22. The lowest BCUT2D eigenvalue weighted by Crippen LogP contribution is -2.40. The van der Waals surface area contributed by atoms with E-state index in [0.717, 1.165) is 50.8 Å². The lowest BCUT2D eigenvalue weighted by atomic mass is 9.99. The predicted molar refractivity (Wildman–Crippen MR) is 109 cm³/mol. The van der Waals surface area contributed by atoms with Gasteiger partial charge in [0.05, 0.1) is 0 Å². The third kappa shape index (κ3) is 5.22. The number of likely N-dealkylation sites (tertiary alicyclic amines) is 1. The van der Waals surface area contributed by atoms with Crippen LogP contribution in [0.4, 0.5) is 5.82 Å². The first-order valence-electron chi connectivity index (χ1n) is 9.52. The van der Waals surface area contributed by atoms with Crippen molar-refractivity contribution in [1.82, 2.24) is 15.2 Å². The first kappa shape index (κ1) is 18.2. The maximum absolute atomic E-state index is 4.47. The minimum absolute atomic E-state index is 0.609. The molecule has 2 aromatic rings. The van der Waals surface area contributed by atoms with E-state index >= 15 is 0 Å². The van der Waals surface area contributed by atoms with Gasteiger partial charge in [0.15, 0.2) is 5.96 Å². The van der Waals surface area contributed by atoms with Crippen molar-refractivity contribution in [3.63, 3.8) is 0 Å². The molecule has 5 nitrogen and oxygen atoms in total. The molecule has 1 aliphatic heterocycles. The van der Waals surface area contributed by atoms with E-state index < -0.39 is 0 Å². The quantitative estimate of drug-likeness (QED) is 0.456. The first-order valence-corrected chi connectivity index (χ1v) is 9.52. The maximum atomic E-state index is 4.47. The zero-order valence-electron chi connectivity index (χ0n) is 15.6. The van der Waals surface area contributed by atoms with Gasteiger partial charge < -0.3 is 15.5 Å². The number of nitrogens with one attached hydrogen (secondary N) is 2. The minimum Gasteiger partial charge on any atom is -0.370 e. The lowest BCUT2D eigenvalue weighted by Gasteiger charge is -2.22. The highest BCUT2D eigenvalue weighted by molar-refractivity contribution is 5.80. The van der Waals surface area contributed by atoms with Crippen molar-refractivity contribution in [2.75, 3.05) is 38.5 Å². The maximum Gasteiger partial charge on any atom is 0.193 e. The van der Waals surface area contributed by atoms with Gasteiger partial charge >= 0.3 is 0 Å². The summed E-state index contributed by atoms with van der Waals surface area (Å²) in [6, 6.07) is 16.7. The van der Waals surface area contributed by atoms with Gasteiger partial charge in [-0.25, -0.2) is 4.98 Å². The van der Waals surface area contributed by atoms with Crippen LogP contribution in [-0.2, 0) is 0 Å². The van der Waals surface area contributed by atoms with Crippen LogP contribution in [0.25, 0.3) is 0 Å². The van der Waals surface area contributed by atoms with Gasteiger partial charge in [0.1, 0.15) is 5.82 Å². The molecule has 1 atom stereocenters. The molecular formula is C21H29N5. The highest BCUT2D eigenvalue weighted by atomic mass is 15.3. The molecule has 0 bridgehead atoms. The summed E-state index contributed by atoms with van der Waals surface area (Å²) in [6.45, 7) is 4.01. The summed E-state index contributed by atoms with van der Waals surface area (Å²) < 4.78 is 0. The van der Waals surface area contributed by atoms with E-state index in [9.17, 15) is 0 Å². The molecule has 2 N–H and O–H groups in total. The molecule has 1 fully saturated rings. The van der Waals surface area contributed by atoms with Gasteiger partial charge in [-0.05, 0) is 37.0 Å². The van der Waals surface area contributed by atoms with E-state index in [1.54, 1.807) is 0 Å². The monoisotopic (exact) mass is 351 g/mol. The number of unbranched alkanes of at least 4 members (excludes halogenated alkanes) is 1. The Hall–Kier alpha value is -2.56. The summed E-state index contributed by atoms with van der Waals surface area (Å²) >= 11 is 0. The number of anilines is 1. The normalized spacial score (nSPS) is 17.3. The molecule has 1 aromatic heterocycles. The Morgan fingerprint density at radius 3 is 2.69 bits per heavy atom. The fourth-order valence-corrected chi connectivity index (χ4v) is 3.42. The zero-order chi connectivity index (χ0) is 18.0. The number of hydrogen-bond acceptors (Lipinski definition) is 3. The molecule has 1 aliphatic rings. The number of nitrogens with zero attached hydrogens (tertiary/aromatic N) is 3. The van der Waals surface area contributed by atoms with Gasteiger partial charge in [-0.2, -0.15) is 0 Å². The van der Waals surface area contributed by atoms with Crippen LogP contribution in [0.3, 0.4) is 0 Å². The Labute approximate surface area is 156 Å². The highest BCUT2D eigenvalue weighted by Crippen LogP contribution is 2.26. The molecule has 0 radical (unpaired) electrons. The average molecular weight is 351 g/mol. The number of hydrogen-bond donors (Lipinski definition) is 2. The predicted octanol–water partition coefficient (Wildman–Crippen LogP) is 3.34. The van der Waals surface area contributed by atoms with E-state index in [4.69, 9.17) is 0 Å². The van der Waals surface area contributed by atoms with Crippen molar-refractivity contribution >= 4 is 11.8 Å². The van der Waals surface area contributed by atoms with E-state index in [0.29, 0.717) is 5.92 Å². The second-order valence-electron chi connectivity index (χ2n) is 6.67. The van der Waals surface area contributed by atoms with E-state index in [1.807, 2.05) is 31.4 Å². The van der Waals surface area contributed by atoms with Crippen molar-refractivity contribution in [1.29, 1.82) is 0 Å². The molecule has 26 heavy (non-hydrogen) atoms. The molecule has 1 aromatic carbocycles. The second kappa shape index (κ2) is 9.80. The number of aromatic nitrogens is 1. The number of benzene rings is 1. The van der Waals surface area contributed by atoms with Gasteiger partial charge in [0.2, 0.25) is 0 Å². The third-order valence-corrected chi connectivity index (χ3v) is 4.83. The summed E-state index contributed by atoms with van der Waals surface area (Å²) in [5, 5.41) is 6.86. The van der Waals surface area contributed by atoms with Crippen molar-refractivity contribution in [2.45, 2.75) is 25.2 Å². The Kier molecular flexibility index (Phi) is 6.88. The van der Waals surface area contributed by atoms with Crippen molar-refractivity contribution in [3.05, 3.63) is 60.3 Å². The lowest BCUT2D eigenvalue weighted by molar-refractivity contribution is 0.484. The Morgan fingerprint density at radius 2 is 1.92 bits per heavy atom. The summed E-state index contributed by atoms with van der Waals surface area (Å²) in [5.74, 6) is 2.58. The van der Waals surface area contributed by atoms with E-state index in [1.165, 1.54) is 12.0 Å². The molecule has 0 amide bonds. The average Bonchev–Trinajstić information content (AvgIpc) is 3.19. The van der Waals surface area contributed by atoms with Crippen LogP contribution in [0.15, 0.2) is 59.7 Å². The fraction of sp³-hybridized carbons (Fsp3) is 0.429. The van der Waals surface area contributed by atoms with Crippen LogP contribution in [-0.4, -0.2) is 49.1 Å². The molecular weight excluding hydrogens is 322 g/mol. The minimum atomic E-state index is 0.609. The smallest absolute Gasteiger partial charge is 0.193 e. The second-order valence-corrected chi connectivity index (χ2v) is 6.67. The number of pyridine rings is 1. The fourth-order valence-electron chi connectivity index (χ4n) is 3.42. The SMILES string of the molecule is CN=C(NCCCCNc1ccccn1)N1CCC(c2ccccc2)C1. The number of guanidine groups is 1. The number of aliphatic imine (C=N–C) groups is 1. The summed E-state index contributed by atoms with van der Waals surface area (Å²) in [5.41, 5.74) is 1.44. The van der Waals surface area contributed by atoms with Crippen LogP contribution in [0.1, 0.15) is 30.7 Å². The van der Waals surface area contributed by atoms with Crippen LogP contribution < -0.4 is 10.6 Å². The van der Waals surface area contributed by atoms with Crippen molar-refractivity contribution in [2.24, 2.45) is 4.99 Å².